The molecule has 2 heteroatoms. The summed E-state index contributed by atoms with van der Waals surface area (Å²) in [5, 5.41) is 2.98. The first-order valence-electron chi connectivity index (χ1n) is 3.04. The summed E-state index contributed by atoms with van der Waals surface area (Å²) >= 11 is 0. The van der Waals surface area contributed by atoms with E-state index >= 15 is 0 Å². The van der Waals surface area contributed by atoms with Crippen molar-refractivity contribution >= 4 is 6.21 Å². The molecule has 8 heavy (non-hydrogen) atoms. The van der Waals surface area contributed by atoms with Gasteiger partial charge in [0.15, 0.2) is 0 Å². The van der Waals surface area contributed by atoms with E-state index in [1.165, 1.54) is 0 Å². The van der Waals surface area contributed by atoms with Gasteiger partial charge < -0.3 is 5.32 Å². The van der Waals surface area contributed by atoms with Gasteiger partial charge in [-0.15, -0.1) is 0 Å². The lowest BCUT2D eigenvalue weighted by Gasteiger charge is -1.86. The van der Waals surface area contributed by atoms with E-state index in [0.717, 1.165) is 19.5 Å². The van der Waals surface area contributed by atoms with Crippen molar-refractivity contribution in [1.29, 1.82) is 0 Å². The summed E-state index contributed by atoms with van der Waals surface area (Å²) in [6.07, 6.45) is 3.05. The fraction of sp³-hybridized carbons (Fsp3) is 0.833. The first-order valence-corrected chi connectivity index (χ1v) is 3.04. The van der Waals surface area contributed by atoms with Gasteiger partial charge in [0, 0.05) is 19.3 Å². The van der Waals surface area contributed by atoms with Crippen LogP contribution in [0.5, 0.6) is 0 Å². The maximum absolute atomic E-state index is 4.09. The van der Waals surface area contributed by atoms with Gasteiger partial charge >= 0.3 is 0 Å². The molecule has 0 heterocycles. The molecular weight excluding hydrogens is 100 g/mol. The normalized spacial score (nSPS) is 10.8. The molecule has 0 aromatic heterocycles. The van der Waals surface area contributed by atoms with Crippen molar-refractivity contribution in [3.63, 3.8) is 0 Å². The van der Waals surface area contributed by atoms with Crippen molar-refractivity contribution in [2.24, 2.45) is 4.99 Å². The highest BCUT2D eigenvalue weighted by molar-refractivity contribution is 5.59. The smallest absolute Gasteiger partial charge is 0.0383 e. The predicted octanol–water partition coefficient (Wildman–Crippen LogP) is 0.687. The van der Waals surface area contributed by atoms with Crippen molar-refractivity contribution in [1.82, 2.24) is 5.32 Å². The predicted molar refractivity (Wildman–Crippen MR) is 37.6 cm³/mol. The van der Waals surface area contributed by atoms with E-state index in [1.807, 2.05) is 13.3 Å². The Balaban J connectivity index is 2.83. The van der Waals surface area contributed by atoms with Crippen LogP contribution in [-0.4, -0.2) is 26.4 Å². The third-order valence-corrected chi connectivity index (χ3v) is 0.777. The molecule has 0 spiro atoms. The Morgan fingerprint density at radius 1 is 1.62 bits per heavy atom. The summed E-state index contributed by atoms with van der Waals surface area (Å²) < 4.78 is 0. The Morgan fingerprint density at radius 3 is 2.88 bits per heavy atom. The molecule has 0 radical (unpaired) electrons. The minimum absolute atomic E-state index is 0.889. The highest BCUT2D eigenvalue weighted by atomic mass is 14.8. The van der Waals surface area contributed by atoms with Gasteiger partial charge in [0.1, 0.15) is 0 Å². The van der Waals surface area contributed by atoms with Gasteiger partial charge in [0.25, 0.3) is 0 Å². The van der Waals surface area contributed by atoms with Crippen LogP contribution in [0.3, 0.4) is 0 Å². The summed E-state index contributed by atoms with van der Waals surface area (Å²) in [6, 6.07) is 0. The molecule has 0 aliphatic heterocycles. The van der Waals surface area contributed by atoms with E-state index < -0.39 is 0 Å². The second kappa shape index (κ2) is 6.63. The topological polar surface area (TPSA) is 24.4 Å². The fourth-order valence-corrected chi connectivity index (χ4v) is 0.376. The highest BCUT2D eigenvalue weighted by Gasteiger charge is 1.71. The summed E-state index contributed by atoms with van der Waals surface area (Å²) in [5.41, 5.74) is 0. The number of nitrogens with zero attached hydrogens (tertiary/aromatic N) is 1. The van der Waals surface area contributed by atoms with Crippen LogP contribution in [0.4, 0.5) is 0 Å². The number of nitrogens with one attached hydrogen (secondary N) is 1. The monoisotopic (exact) mass is 114 g/mol. The van der Waals surface area contributed by atoms with Crippen molar-refractivity contribution in [2.45, 2.75) is 13.3 Å². The number of rotatable bonds is 4. The molecule has 0 aromatic rings. The lowest BCUT2D eigenvalue weighted by Crippen LogP contribution is -2.08. The lowest BCUT2D eigenvalue weighted by atomic mass is 10.5. The zero-order valence-electron chi connectivity index (χ0n) is 5.65. The van der Waals surface area contributed by atoms with Gasteiger partial charge in [0.2, 0.25) is 0 Å². The number of aliphatic imine (C=N–C) groups is 1. The van der Waals surface area contributed by atoms with E-state index in [4.69, 9.17) is 0 Å². The third kappa shape index (κ3) is 5.63. The molecule has 0 saturated heterocycles. The summed E-state index contributed by atoms with van der Waals surface area (Å²) in [4.78, 5) is 4.09. The van der Waals surface area contributed by atoms with E-state index in [1.54, 1.807) is 0 Å². The Labute approximate surface area is 51.0 Å². The summed E-state index contributed by atoms with van der Waals surface area (Å²) in [6.45, 7) is 3.97. The van der Waals surface area contributed by atoms with Crippen LogP contribution in [-0.2, 0) is 0 Å². The number of hydrogen-bond acceptors (Lipinski definition) is 2. The molecule has 0 aromatic carbocycles. The summed E-state index contributed by atoms with van der Waals surface area (Å²) in [5.74, 6) is 0. The van der Waals surface area contributed by atoms with E-state index in [0.29, 0.717) is 0 Å². The van der Waals surface area contributed by atoms with Gasteiger partial charge in [-0.3, -0.25) is 4.99 Å². The Hall–Kier alpha value is -0.370. The maximum atomic E-state index is 4.09. The van der Waals surface area contributed by atoms with Crippen LogP contribution in [0.25, 0.3) is 0 Å². The first-order chi connectivity index (χ1) is 3.91. The van der Waals surface area contributed by atoms with E-state index in [-0.39, 0.29) is 0 Å². The van der Waals surface area contributed by atoms with Crippen molar-refractivity contribution < 1.29 is 0 Å². The van der Waals surface area contributed by atoms with Gasteiger partial charge in [-0.25, -0.2) is 0 Å². The molecular formula is C6H14N2. The van der Waals surface area contributed by atoms with Crippen molar-refractivity contribution in [3.8, 4) is 0 Å². The molecule has 0 aliphatic rings. The van der Waals surface area contributed by atoms with E-state index in [9.17, 15) is 0 Å². The fourth-order valence-electron chi connectivity index (χ4n) is 0.376. The van der Waals surface area contributed by atoms with Crippen LogP contribution in [0, 0.1) is 0 Å². The standard InChI is InChI=1S/C6H14N2/c1-3-4-8-6-5-7-2/h6-7H,3-5H2,1-2H3. The minimum Gasteiger partial charge on any atom is -0.315 e. The SMILES string of the molecule is CCCN=CCNC. The maximum Gasteiger partial charge on any atom is 0.0383 e. The van der Waals surface area contributed by atoms with Crippen LogP contribution >= 0.6 is 0 Å². The van der Waals surface area contributed by atoms with E-state index in [2.05, 4.69) is 17.2 Å². The van der Waals surface area contributed by atoms with Gasteiger partial charge in [-0.2, -0.15) is 0 Å². The van der Waals surface area contributed by atoms with Gasteiger partial charge in [0.05, 0.1) is 0 Å². The first kappa shape index (κ1) is 7.63. The molecule has 0 fully saturated rings. The van der Waals surface area contributed by atoms with Crippen molar-refractivity contribution in [3.05, 3.63) is 0 Å². The van der Waals surface area contributed by atoms with Gasteiger partial charge in [-0.1, -0.05) is 6.92 Å². The molecule has 0 rings (SSSR count). The quantitative estimate of drug-likeness (QED) is 0.534. The number of hydrogen-bond donors (Lipinski definition) is 1. The second-order valence-corrected chi connectivity index (χ2v) is 1.65. The molecule has 0 amide bonds. The summed E-state index contributed by atoms with van der Waals surface area (Å²) in [7, 11) is 1.91. The molecule has 0 saturated carbocycles. The molecule has 1 N–H and O–H groups in total. The minimum atomic E-state index is 0.889. The zero-order chi connectivity index (χ0) is 6.24. The van der Waals surface area contributed by atoms with Crippen molar-refractivity contribution in [2.75, 3.05) is 20.1 Å². The molecule has 0 bridgehead atoms. The molecule has 48 valence electrons. The van der Waals surface area contributed by atoms with Crippen LogP contribution in [0.15, 0.2) is 4.99 Å². The Bertz CT molecular complexity index is 51.5. The molecule has 0 aliphatic carbocycles. The van der Waals surface area contributed by atoms with Crippen LogP contribution < -0.4 is 5.32 Å². The molecule has 0 atom stereocenters. The third-order valence-electron chi connectivity index (χ3n) is 0.777. The Morgan fingerprint density at radius 2 is 2.38 bits per heavy atom. The lowest BCUT2D eigenvalue weighted by molar-refractivity contribution is 0.913. The van der Waals surface area contributed by atoms with Gasteiger partial charge in [-0.05, 0) is 13.5 Å². The Kier molecular flexibility index (Phi) is 6.32. The molecule has 2 nitrogen and oxygen atoms in total. The van der Waals surface area contributed by atoms with Crippen LogP contribution in [0.2, 0.25) is 0 Å². The zero-order valence-corrected chi connectivity index (χ0v) is 5.65. The average Bonchev–Trinajstić information content (AvgIpc) is 1.81. The largest absolute Gasteiger partial charge is 0.315 e. The average molecular weight is 114 g/mol. The highest BCUT2D eigenvalue weighted by Crippen LogP contribution is 1.73. The van der Waals surface area contributed by atoms with Crippen LogP contribution in [0.1, 0.15) is 13.3 Å². The molecule has 0 unspecified atom stereocenters. The second-order valence-electron chi connectivity index (χ2n) is 1.65.